The minimum atomic E-state index is -0.296. The van der Waals surface area contributed by atoms with Crippen LogP contribution in [0.15, 0.2) is 42.9 Å². The third-order valence-corrected chi connectivity index (χ3v) is 4.39. The molecular weight excluding hydrogens is 309 g/mol. The second-order valence-electron chi connectivity index (χ2n) is 5.89. The van der Waals surface area contributed by atoms with Gasteiger partial charge in [-0.15, -0.1) is 0 Å². The van der Waals surface area contributed by atoms with Crippen LogP contribution in [0.25, 0.3) is 5.78 Å². The van der Waals surface area contributed by atoms with Crippen LogP contribution >= 0.6 is 0 Å². The van der Waals surface area contributed by atoms with Gasteiger partial charge in [-0.25, -0.2) is 9.37 Å². The molecule has 1 amide bonds. The van der Waals surface area contributed by atoms with Crippen molar-refractivity contribution in [3.05, 3.63) is 59.9 Å². The lowest BCUT2D eigenvalue weighted by Gasteiger charge is -2.25. The predicted octanol–water partition coefficient (Wildman–Crippen LogP) is 2.17. The molecule has 0 bridgehead atoms. The fourth-order valence-corrected chi connectivity index (χ4v) is 3.26. The Labute approximate surface area is 138 Å². The van der Waals surface area contributed by atoms with Crippen molar-refractivity contribution in [2.24, 2.45) is 0 Å². The number of carbonyl (C=O) groups is 1. The molecule has 0 aliphatic carbocycles. The number of halogens is 1. The van der Waals surface area contributed by atoms with E-state index in [0.29, 0.717) is 12.3 Å². The largest absolute Gasteiger partial charge is 0.334 e. The molecule has 6 nitrogen and oxygen atoms in total. The first-order valence-corrected chi connectivity index (χ1v) is 7.91. The average molecular weight is 325 g/mol. The van der Waals surface area contributed by atoms with Crippen molar-refractivity contribution in [2.45, 2.75) is 25.3 Å². The average Bonchev–Trinajstić information content (AvgIpc) is 3.25. The molecule has 0 radical (unpaired) electrons. The van der Waals surface area contributed by atoms with Crippen LogP contribution in [0.5, 0.6) is 0 Å². The number of nitrogens with zero attached hydrogens (tertiary/aromatic N) is 5. The molecule has 0 N–H and O–H groups in total. The van der Waals surface area contributed by atoms with Crippen molar-refractivity contribution in [1.29, 1.82) is 0 Å². The standard InChI is InChI=1S/C17H16FN5O/c18-13-5-3-12(4-6-13)10-16(24)22-9-1-2-14(22)15-7-8-19-17-20-11-21-23(15)17/h3-8,11,14H,1-2,9-10H2/t14-/m1/s1. The molecule has 7 heteroatoms. The number of hydrogen-bond donors (Lipinski definition) is 0. The molecule has 1 aliphatic rings. The first-order valence-electron chi connectivity index (χ1n) is 7.91. The molecule has 1 saturated heterocycles. The van der Waals surface area contributed by atoms with Crippen molar-refractivity contribution < 1.29 is 9.18 Å². The van der Waals surface area contributed by atoms with Crippen LogP contribution < -0.4 is 0 Å². The highest BCUT2D eigenvalue weighted by Gasteiger charge is 2.31. The number of rotatable bonds is 3. The van der Waals surface area contributed by atoms with Crippen LogP contribution in [0, 0.1) is 5.82 Å². The Morgan fingerprint density at radius 3 is 2.88 bits per heavy atom. The summed E-state index contributed by atoms with van der Waals surface area (Å²) in [6.45, 7) is 0.712. The first-order chi connectivity index (χ1) is 11.7. The summed E-state index contributed by atoms with van der Waals surface area (Å²) in [5.74, 6) is 0.273. The van der Waals surface area contributed by atoms with E-state index >= 15 is 0 Å². The molecule has 1 aromatic carbocycles. The van der Waals surface area contributed by atoms with E-state index in [4.69, 9.17) is 0 Å². The van der Waals surface area contributed by atoms with Crippen LogP contribution in [-0.2, 0) is 11.2 Å². The molecule has 0 unspecified atom stereocenters. The third kappa shape index (κ3) is 2.62. The van der Waals surface area contributed by atoms with Gasteiger partial charge < -0.3 is 4.90 Å². The van der Waals surface area contributed by atoms with Crippen molar-refractivity contribution in [2.75, 3.05) is 6.54 Å². The summed E-state index contributed by atoms with van der Waals surface area (Å²) in [4.78, 5) is 22.9. The molecule has 4 rings (SSSR count). The molecule has 0 saturated carbocycles. The predicted molar refractivity (Wildman–Crippen MR) is 84.6 cm³/mol. The van der Waals surface area contributed by atoms with Crippen molar-refractivity contribution >= 4 is 11.7 Å². The van der Waals surface area contributed by atoms with Crippen molar-refractivity contribution in [3.8, 4) is 0 Å². The number of carbonyl (C=O) groups excluding carboxylic acids is 1. The highest BCUT2D eigenvalue weighted by atomic mass is 19.1. The molecule has 122 valence electrons. The third-order valence-electron chi connectivity index (χ3n) is 4.39. The first kappa shape index (κ1) is 14.7. The zero-order chi connectivity index (χ0) is 16.5. The molecule has 3 heterocycles. The Balaban J connectivity index is 1.59. The monoisotopic (exact) mass is 325 g/mol. The zero-order valence-corrected chi connectivity index (χ0v) is 13.0. The highest BCUT2D eigenvalue weighted by molar-refractivity contribution is 5.79. The SMILES string of the molecule is O=C(Cc1ccc(F)cc1)N1CCC[C@@H]1c1ccnc2ncnn12. The topological polar surface area (TPSA) is 63.4 Å². The quantitative estimate of drug-likeness (QED) is 0.740. The molecule has 1 aliphatic heterocycles. The lowest BCUT2D eigenvalue weighted by atomic mass is 10.1. The highest BCUT2D eigenvalue weighted by Crippen LogP contribution is 2.32. The maximum absolute atomic E-state index is 13.0. The van der Waals surface area contributed by atoms with E-state index in [1.165, 1.54) is 18.5 Å². The minimum Gasteiger partial charge on any atom is -0.334 e. The molecule has 24 heavy (non-hydrogen) atoms. The van der Waals surface area contributed by atoms with Gasteiger partial charge in [-0.1, -0.05) is 12.1 Å². The smallest absolute Gasteiger partial charge is 0.252 e. The second-order valence-corrected chi connectivity index (χ2v) is 5.89. The number of benzene rings is 1. The van der Waals surface area contributed by atoms with Crippen LogP contribution in [0.4, 0.5) is 4.39 Å². The van der Waals surface area contributed by atoms with Gasteiger partial charge in [-0.05, 0) is 36.6 Å². The van der Waals surface area contributed by atoms with E-state index in [0.717, 1.165) is 24.1 Å². The summed E-state index contributed by atoms with van der Waals surface area (Å²) in [5, 5.41) is 4.21. The summed E-state index contributed by atoms with van der Waals surface area (Å²) < 4.78 is 14.7. The lowest BCUT2D eigenvalue weighted by molar-refractivity contribution is -0.131. The summed E-state index contributed by atoms with van der Waals surface area (Å²) >= 11 is 0. The van der Waals surface area contributed by atoms with Gasteiger partial charge in [-0.3, -0.25) is 4.79 Å². The van der Waals surface area contributed by atoms with Crippen LogP contribution in [0.3, 0.4) is 0 Å². The fraction of sp³-hybridized carbons (Fsp3) is 0.294. The Hall–Kier alpha value is -2.83. The molecule has 1 atom stereocenters. The van der Waals surface area contributed by atoms with E-state index in [1.807, 2.05) is 11.0 Å². The summed E-state index contributed by atoms with van der Waals surface area (Å²) in [7, 11) is 0. The minimum absolute atomic E-state index is 0.0363. The van der Waals surface area contributed by atoms with E-state index in [1.54, 1.807) is 22.8 Å². The van der Waals surface area contributed by atoms with Crippen LogP contribution in [-0.4, -0.2) is 36.9 Å². The second kappa shape index (κ2) is 5.99. The van der Waals surface area contributed by atoms with Gasteiger partial charge in [-0.2, -0.15) is 14.6 Å². The maximum Gasteiger partial charge on any atom is 0.252 e. The molecule has 3 aromatic rings. The van der Waals surface area contributed by atoms with Crippen LogP contribution in [0.1, 0.15) is 30.1 Å². The zero-order valence-electron chi connectivity index (χ0n) is 13.0. The van der Waals surface area contributed by atoms with Crippen molar-refractivity contribution in [3.63, 3.8) is 0 Å². The number of likely N-dealkylation sites (tertiary alicyclic amines) is 1. The molecule has 2 aromatic heterocycles. The lowest BCUT2D eigenvalue weighted by Crippen LogP contribution is -2.32. The number of hydrogen-bond acceptors (Lipinski definition) is 4. The number of aromatic nitrogens is 4. The number of fused-ring (bicyclic) bond motifs is 1. The summed E-state index contributed by atoms with van der Waals surface area (Å²) in [5.41, 5.74) is 1.73. The maximum atomic E-state index is 13.0. The van der Waals surface area contributed by atoms with Gasteiger partial charge in [0.25, 0.3) is 5.78 Å². The van der Waals surface area contributed by atoms with Gasteiger partial charge >= 0.3 is 0 Å². The summed E-state index contributed by atoms with van der Waals surface area (Å²) in [6.07, 6.45) is 5.25. The molecular formula is C17H16FN5O. The van der Waals surface area contributed by atoms with Crippen molar-refractivity contribution in [1.82, 2.24) is 24.5 Å². The Morgan fingerprint density at radius 2 is 2.04 bits per heavy atom. The Morgan fingerprint density at radius 1 is 1.21 bits per heavy atom. The van der Waals surface area contributed by atoms with E-state index in [9.17, 15) is 9.18 Å². The Kier molecular flexibility index (Phi) is 3.68. The van der Waals surface area contributed by atoms with Gasteiger partial charge in [0.15, 0.2) is 0 Å². The fourth-order valence-electron chi connectivity index (χ4n) is 3.26. The van der Waals surface area contributed by atoms with E-state index in [-0.39, 0.29) is 24.2 Å². The number of amides is 1. The van der Waals surface area contributed by atoms with Crippen LogP contribution in [0.2, 0.25) is 0 Å². The van der Waals surface area contributed by atoms with Gasteiger partial charge in [0.1, 0.15) is 12.1 Å². The van der Waals surface area contributed by atoms with Gasteiger partial charge in [0.2, 0.25) is 5.91 Å². The normalized spacial score (nSPS) is 17.5. The molecule has 0 spiro atoms. The van der Waals surface area contributed by atoms with E-state index < -0.39 is 0 Å². The van der Waals surface area contributed by atoms with Gasteiger partial charge in [0.05, 0.1) is 18.2 Å². The van der Waals surface area contributed by atoms with E-state index in [2.05, 4.69) is 15.1 Å². The Bertz CT molecular complexity index is 876. The molecule has 1 fully saturated rings. The van der Waals surface area contributed by atoms with Gasteiger partial charge in [0, 0.05) is 12.7 Å². The summed E-state index contributed by atoms with van der Waals surface area (Å²) in [6, 6.07) is 7.92.